The number of nitrogens with zero attached hydrogens (tertiary/aromatic N) is 2. The van der Waals surface area contributed by atoms with Crippen LogP contribution in [0.2, 0.25) is 0 Å². The molecule has 2 nitrogen and oxygen atoms in total. The van der Waals surface area contributed by atoms with Gasteiger partial charge in [0.1, 0.15) is 0 Å². The molecule has 0 aliphatic rings. The van der Waals surface area contributed by atoms with Gasteiger partial charge in [-0.1, -0.05) is 0 Å². The van der Waals surface area contributed by atoms with E-state index in [4.69, 9.17) is 13.1 Å². The van der Waals surface area contributed by atoms with Crippen LogP contribution < -0.4 is 0 Å². The Morgan fingerprint density at radius 1 is 1.12 bits per heavy atom. The second kappa shape index (κ2) is 6.07. The predicted molar refractivity (Wildman–Crippen MR) is 70.6 cm³/mol. The highest BCUT2D eigenvalue weighted by Gasteiger charge is 1.93. The normalized spacial score (nSPS) is 8.50. The zero-order chi connectivity index (χ0) is 12.0. The highest BCUT2D eigenvalue weighted by Crippen LogP contribution is 2.23. The van der Waals surface area contributed by atoms with Crippen molar-refractivity contribution in [1.29, 1.82) is 0 Å². The number of thiophene rings is 2. The third-order valence-electron chi connectivity index (χ3n) is 1.80. The monoisotopic (exact) mass is 246 g/mol. The van der Waals surface area contributed by atoms with E-state index in [9.17, 15) is 0 Å². The van der Waals surface area contributed by atoms with Crippen molar-refractivity contribution in [1.82, 2.24) is 0 Å². The van der Waals surface area contributed by atoms with Gasteiger partial charge >= 0.3 is 0 Å². The van der Waals surface area contributed by atoms with E-state index in [1.807, 2.05) is 36.7 Å². The Kier molecular flexibility index (Phi) is 4.72. The summed E-state index contributed by atoms with van der Waals surface area (Å²) in [5.41, 5.74) is 1.54. The van der Waals surface area contributed by atoms with Crippen molar-refractivity contribution >= 4 is 34.0 Å². The largest absolute Gasteiger partial charge is 0.237 e. The SMILES string of the molecule is [C-]#[N+]c1ccsc1C.[C-]#[N+]c1csc(C)c1. The maximum absolute atomic E-state index is 6.63. The quantitative estimate of drug-likeness (QED) is 0.564. The average Bonchev–Trinajstić information content (AvgIpc) is 2.87. The Labute approximate surface area is 103 Å². The van der Waals surface area contributed by atoms with Crippen LogP contribution in [-0.4, -0.2) is 0 Å². The maximum Gasteiger partial charge on any atom is 0.200 e. The molecule has 2 heterocycles. The standard InChI is InChI=1S/2C6H5NS/c1-5-3-6(7-2)4-8-5;1-5-6(7-2)3-4-8-5/h2*3-4H,1H3. The Morgan fingerprint density at radius 2 is 1.88 bits per heavy atom. The number of hydrogen-bond donors (Lipinski definition) is 0. The summed E-state index contributed by atoms with van der Waals surface area (Å²) in [5, 5.41) is 3.80. The molecule has 0 saturated heterocycles. The molecule has 2 rings (SSSR count). The van der Waals surface area contributed by atoms with Gasteiger partial charge in [-0.05, 0) is 41.6 Å². The van der Waals surface area contributed by atoms with Gasteiger partial charge in [-0.25, -0.2) is 9.69 Å². The number of aryl methyl sites for hydroxylation is 2. The van der Waals surface area contributed by atoms with E-state index in [-0.39, 0.29) is 0 Å². The number of rotatable bonds is 0. The van der Waals surface area contributed by atoms with Crippen LogP contribution >= 0.6 is 22.7 Å². The van der Waals surface area contributed by atoms with E-state index in [2.05, 4.69) is 9.69 Å². The smallest absolute Gasteiger partial charge is 0.200 e. The lowest BCUT2D eigenvalue weighted by Gasteiger charge is -1.77. The first-order valence-corrected chi connectivity index (χ1v) is 6.27. The van der Waals surface area contributed by atoms with Crippen LogP contribution in [0.15, 0.2) is 22.9 Å². The van der Waals surface area contributed by atoms with Gasteiger partial charge in [0.05, 0.1) is 13.1 Å². The minimum absolute atomic E-state index is 0.757. The number of hydrogen-bond acceptors (Lipinski definition) is 2. The van der Waals surface area contributed by atoms with Crippen LogP contribution in [0.3, 0.4) is 0 Å². The van der Waals surface area contributed by atoms with E-state index >= 15 is 0 Å². The molecule has 0 fully saturated rings. The lowest BCUT2D eigenvalue weighted by Crippen LogP contribution is -1.51. The van der Waals surface area contributed by atoms with Gasteiger partial charge in [-0.3, -0.25) is 0 Å². The van der Waals surface area contributed by atoms with Crippen LogP contribution in [0.4, 0.5) is 11.4 Å². The molecule has 80 valence electrons. The molecule has 0 amide bonds. The van der Waals surface area contributed by atoms with Gasteiger partial charge in [0.2, 0.25) is 5.69 Å². The van der Waals surface area contributed by atoms with Crippen molar-refractivity contribution < 1.29 is 0 Å². The maximum atomic E-state index is 6.63. The fourth-order valence-electron chi connectivity index (χ4n) is 0.982. The Bertz CT molecular complexity index is 538. The van der Waals surface area contributed by atoms with Crippen molar-refractivity contribution in [2.24, 2.45) is 0 Å². The minimum atomic E-state index is 0.757. The molecule has 0 spiro atoms. The van der Waals surface area contributed by atoms with Crippen molar-refractivity contribution in [3.63, 3.8) is 0 Å². The lowest BCUT2D eigenvalue weighted by atomic mass is 10.4. The zero-order valence-electron chi connectivity index (χ0n) is 9.02. The van der Waals surface area contributed by atoms with E-state index in [0.29, 0.717) is 0 Å². The summed E-state index contributed by atoms with van der Waals surface area (Å²) in [7, 11) is 0. The summed E-state index contributed by atoms with van der Waals surface area (Å²) < 4.78 is 0. The van der Waals surface area contributed by atoms with Gasteiger partial charge in [-0.15, -0.1) is 0 Å². The molecule has 0 atom stereocenters. The first-order valence-electron chi connectivity index (χ1n) is 4.51. The summed E-state index contributed by atoms with van der Waals surface area (Å²) in [6, 6.07) is 3.73. The first kappa shape index (κ1) is 12.4. The Balaban J connectivity index is 0.000000160. The molecule has 2 aromatic rings. The molecule has 0 aromatic carbocycles. The Morgan fingerprint density at radius 3 is 2.12 bits per heavy atom. The first-order chi connectivity index (χ1) is 7.67. The second-order valence-electron chi connectivity index (χ2n) is 3.00. The molecular weight excluding hydrogens is 236 g/mol. The molecule has 0 aliphatic carbocycles. The second-order valence-corrected chi connectivity index (χ2v) is 5.24. The summed E-state index contributed by atoms with van der Waals surface area (Å²) in [4.78, 5) is 8.86. The van der Waals surface area contributed by atoms with Crippen LogP contribution in [-0.2, 0) is 0 Å². The topological polar surface area (TPSA) is 8.72 Å². The third-order valence-corrected chi connectivity index (χ3v) is 3.48. The van der Waals surface area contributed by atoms with E-state index in [1.165, 1.54) is 4.88 Å². The molecule has 0 N–H and O–H groups in total. The summed E-state index contributed by atoms with van der Waals surface area (Å²) >= 11 is 3.23. The highest BCUT2D eigenvalue weighted by molar-refractivity contribution is 7.10. The van der Waals surface area contributed by atoms with Gasteiger partial charge in [-0.2, -0.15) is 22.7 Å². The molecular formula is C12H10N2S2. The lowest BCUT2D eigenvalue weighted by molar-refractivity contribution is 1.65. The molecule has 0 bridgehead atoms. The third kappa shape index (κ3) is 3.51. The van der Waals surface area contributed by atoms with Crippen molar-refractivity contribution in [3.05, 3.63) is 55.5 Å². The van der Waals surface area contributed by atoms with E-state index in [0.717, 1.165) is 16.3 Å². The molecule has 0 radical (unpaired) electrons. The molecule has 4 heteroatoms. The van der Waals surface area contributed by atoms with Crippen molar-refractivity contribution in [2.75, 3.05) is 0 Å². The van der Waals surface area contributed by atoms with Crippen LogP contribution in [0.25, 0.3) is 9.69 Å². The fourth-order valence-corrected chi connectivity index (χ4v) is 2.23. The van der Waals surface area contributed by atoms with E-state index in [1.54, 1.807) is 22.7 Å². The van der Waals surface area contributed by atoms with Crippen LogP contribution in [0.1, 0.15) is 9.75 Å². The van der Waals surface area contributed by atoms with Gasteiger partial charge in [0.15, 0.2) is 5.69 Å². The molecule has 0 saturated carbocycles. The molecule has 16 heavy (non-hydrogen) atoms. The van der Waals surface area contributed by atoms with Gasteiger partial charge < -0.3 is 0 Å². The average molecular weight is 246 g/mol. The molecule has 2 aromatic heterocycles. The highest BCUT2D eigenvalue weighted by atomic mass is 32.1. The van der Waals surface area contributed by atoms with Crippen LogP contribution in [0, 0.1) is 27.0 Å². The minimum Gasteiger partial charge on any atom is -0.237 e. The predicted octanol–water partition coefficient (Wildman–Crippen LogP) is 5.21. The molecule has 0 unspecified atom stereocenters. The van der Waals surface area contributed by atoms with Crippen LogP contribution in [0.5, 0.6) is 0 Å². The Hall–Kier alpha value is -1.62. The van der Waals surface area contributed by atoms with Crippen molar-refractivity contribution in [2.45, 2.75) is 13.8 Å². The molecule has 0 aliphatic heterocycles. The van der Waals surface area contributed by atoms with E-state index < -0.39 is 0 Å². The van der Waals surface area contributed by atoms with Crippen molar-refractivity contribution in [3.8, 4) is 0 Å². The summed E-state index contributed by atoms with van der Waals surface area (Å²) in [6.07, 6.45) is 0. The van der Waals surface area contributed by atoms with Gasteiger partial charge in [0, 0.05) is 4.88 Å². The zero-order valence-corrected chi connectivity index (χ0v) is 10.7. The summed E-state index contributed by atoms with van der Waals surface area (Å²) in [5.74, 6) is 0. The fraction of sp³-hybridized carbons (Fsp3) is 0.167. The summed E-state index contributed by atoms with van der Waals surface area (Å²) in [6.45, 7) is 17.2. The van der Waals surface area contributed by atoms with Gasteiger partial charge in [0.25, 0.3) is 0 Å².